The first kappa shape index (κ1) is 12.9. The Bertz CT molecular complexity index is 785. The van der Waals surface area contributed by atoms with Crippen molar-refractivity contribution in [2.75, 3.05) is 11.4 Å². The topological polar surface area (TPSA) is 64.9 Å². The van der Waals surface area contributed by atoms with Gasteiger partial charge >= 0.3 is 6.03 Å². The maximum absolute atomic E-state index is 12.3. The molecule has 4 rings (SSSR count). The summed E-state index contributed by atoms with van der Waals surface area (Å²) < 4.78 is 0. The van der Waals surface area contributed by atoms with Crippen LogP contribution in [0.25, 0.3) is 0 Å². The highest BCUT2D eigenvalue weighted by atomic mass is 16.3. The molecule has 1 unspecified atom stereocenters. The number of carbonyl (C=O) groups is 1. The van der Waals surface area contributed by atoms with Crippen LogP contribution in [0.3, 0.4) is 0 Å². The third-order valence-electron chi connectivity index (χ3n) is 4.12. The van der Waals surface area contributed by atoms with Crippen molar-refractivity contribution < 1.29 is 9.90 Å². The quantitative estimate of drug-likeness (QED) is 0.894. The molecule has 1 fully saturated rings. The summed E-state index contributed by atoms with van der Waals surface area (Å²) in [5.41, 5.74) is 3.83. The molecule has 0 aromatic heterocycles. The molecule has 2 aromatic carbocycles. The molecule has 5 nitrogen and oxygen atoms in total. The fourth-order valence-corrected chi connectivity index (χ4v) is 3.04. The van der Waals surface area contributed by atoms with Crippen molar-refractivity contribution >= 4 is 23.6 Å². The van der Waals surface area contributed by atoms with Crippen LogP contribution in [0, 0.1) is 0 Å². The summed E-state index contributed by atoms with van der Waals surface area (Å²) in [6, 6.07) is 12.7. The maximum Gasteiger partial charge on any atom is 0.322 e. The molecule has 0 saturated carbocycles. The Kier molecular flexibility index (Phi) is 2.85. The average Bonchev–Trinajstić information content (AvgIpc) is 3.12. The van der Waals surface area contributed by atoms with Gasteiger partial charge in [0.1, 0.15) is 5.75 Å². The van der Waals surface area contributed by atoms with Gasteiger partial charge in [0.2, 0.25) is 0 Å². The fourth-order valence-electron chi connectivity index (χ4n) is 3.04. The summed E-state index contributed by atoms with van der Waals surface area (Å²) in [6.45, 7) is 0.517. The van der Waals surface area contributed by atoms with Gasteiger partial charge < -0.3 is 10.4 Å². The van der Waals surface area contributed by atoms with E-state index >= 15 is 0 Å². The van der Waals surface area contributed by atoms with Crippen molar-refractivity contribution in [1.29, 1.82) is 0 Å². The van der Waals surface area contributed by atoms with Crippen LogP contribution >= 0.6 is 0 Å². The van der Waals surface area contributed by atoms with Crippen molar-refractivity contribution in [3.63, 3.8) is 0 Å². The van der Waals surface area contributed by atoms with Gasteiger partial charge in [0.25, 0.3) is 0 Å². The van der Waals surface area contributed by atoms with Gasteiger partial charge in [-0.3, -0.25) is 9.89 Å². The molecule has 2 aliphatic rings. The lowest BCUT2D eigenvalue weighted by Crippen LogP contribution is -2.29. The minimum absolute atomic E-state index is 0.129. The SMILES string of the molecule is O=C1NCC(c2cccc(O)c2)N1c1ccc2c(c1)N=CC2. The van der Waals surface area contributed by atoms with Crippen molar-refractivity contribution in [1.82, 2.24) is 5.32 Å². The summed E-state index contributed by atoms with van der Waals surface area (Å²) in [5, 5.41) is 12.6. The fraction of sp³-hybridized carbons (Fsp3) is 0.176. The van der Waals surface area contributed by atoms with E-state index in [1.807, 2.05) is 30.5 Å². The molecule has 0 spiro atoms. The number of carbonyl (C=O) groups excluding carboxylic acids is 1. The van der Waals surface area contributed by atoms with E-state index in [2.05, 4.69) is 10.3 Å². The second-order valence-corrected chi connectivity index (χ2v) is 5.50. The van der Waals surface area contributed by atoms with Gasteiger partial charge in [0, 0.05) is 24.9 Å². The number of rotatable bonds is 2. The molecular formula is C17H15N3O2. The average molecular weight is 293 g/mol. The van der Waals surface area contributed by atoms with E-state index in [0.29, 0.717) is 6.54 Å². The molecule has 0 radical (unpaired) electrons. The first-order valence-electron chi connectivity index (χ1n) is 7.24. The molecule has 2 heterocycles. The van der Waals surface area contributed by atoms with Crippen LogP contribution < -0.4 is 10.2 Å². The minimum Gasteiger partial charge on any atom is -0.508 e. The largest absolute Gasteiger partial charge is 0.508 e. The lowest BCUT2D eigenvalue weighted by Gasteiger charge is -2.24. The van der Waals surface area contributed by atoms with Gasteiger partial charge in [0.05, 0.1) is 11.7 Å². The molecule has 2 amide bonds. The second kappa shape index (κ2) is 4.87. The van der Waals surface area contributed by atoms with E-state index in [4.69, 9.17) is 0 Å². The highest BCUT2D eigenvalue weighted by Crippen LogP contribution is 2.35. The number of anilines is 1. The van der Waals surface area contributed by atoms with Gasteiger partial charge in [-0.2, -0.15) is 0 Å². The van der Waals surface area contributed by atoms with Crippen LogP contribution in [0.2, 0.25) is 0 Å². The Morgan fingerprint density at radius 3 is 3.00 bits per heavy atom. The standard InChI is InChI=1S/C17H15N3O2/c21-14-3-1-2-12(8-14)16-10-19-17(22)20(16)13-5-4-11-6-7-18-15(11)9-13/h1-5,7-9,16,21H,6,10H2,(H,19,22). The smallest absolute Gasteiger partial charge is 0.322 e. The number of phenolic OH excluding ortho intramolecular Hbond substituents is 1. The van der Waals surface area contributed by atoms with E-state index in [1.165, 1.54) is 5.56 Å². The van der Waals surface area contributed by atoms with Crippen LogP contribution in [0.4, 0.5) is 16.2 Å². The molecule has 0 aliphatic carbocycles. The van der Waals surface area contributed by atoms with E-state index in [9.17, 15) is 9.90 Å². The molecule has 1 saturated heterocycles. The number of fused-ring (bicyclic) bond motifs is 1. The molecule has 1 atom stereocenters. The first-order chi connectivity index (χ1) is 10.7. The molecule has 2 aromatic rings. The van der Waals surface area contributed by atoms with Crippen molar-refractivity contribution in [3.05, 3.63) is 53.6 Å². The molecular weight excluding hydrogens is 278 g/mol. The lowest BCUT2D eigenvalue weighted by atomic mass is 10.0. The van der Waals surface area contributed by atoms with Crippen LogP contribution in [-0.4, -0.2) is 23.9 Å². The van der Waals surface area contributed by atoms with Crippen LogP contribution in [0.5, 0.6) is 5.75 Å². The van der Waals surface area contributed by atoms with Crippen LogP contribution in [0.1, 0.15) is 17.2 Å². The Labute approximate surface area is 127 Å². The van der Waals surface area contributed by atoms with Crippen LogP contribution in [0.15, 0.2) is 47.5 Å². The number of hydrogen-bond donors (Lipinski definition) is 2. The normalized spacial score (nSPS) is 19.4. The predicted molar refractivity (Wildman–Crippen MR) is 85.0 cm³/mol. The number of urea groups is 1. The summed E-state index contributed by atoms with van der Waals surface area (Å²) in [6.07, 6.45) is 2.73. The molecule has 22 heavy (non-hydrogen) atoms. The zero-order valence-corrected chi connectivity index (χ0v) is 11.9. The number of hydrogen-bond acceptors (Lipinski definition) is 3. The number of phenols is 1. The number of aromatic hydroxyl groups is 1. The Morgan fingerprint density at radius 2 is 2.14 bits per heavy atom. The summed E-state index contributed by atoms with van der Waals surface area (Å²) in [7, 11) is 0. The van der Waals surface area contributed by atoms with Crippen molar-refractivity contribution in [2.24, 2.45) is 4.99 Å². The Hall–Kier alpha value is -2.82. The monoisotopic (exact) mass is 293 g/mol. The number of nitrogens with zero attached hydrogens (tertiary/aromatic N) is 2. The zero-order valence-electron chi connectivity index (χ0n) is 11.9. The highest BCUT2D eigenvalue weighted by molar-refractivity contribution is 5.96. The molecule has 2 aliphatic heterocycles. The number of benzene rings is 2. The second-order valence-electron chi connectivity index (χ2n) is 5.50. The van der Waals surface area contributed by atoms with Gasteiger partial charge in [-0.1, -0.05) is 18.2 Å². The molecule has 2 N–H and O–H groups in total. The van der Waals surface area contributed by atoms with Gasteiger partial charge in [-0.05, 0) is 35.4 Å². The minimum atomic E-state index is -0.136. The van der Waals surface area contributed by atoms with Crippen molar-refractivity contribution in [3.8, 4) is 5.75 Å². The first-order valence-corrected chi connectivity index (χ1v) is 7.24. The zero-order chi connectivity index (χ0) is 15.1. The predicted octanol–water partition coefficient (Wildman–Crippen LogP) is 2.92. The molecule has 5 heteroatoms. The lowest BCUT2D eigenvalue weighted by molar-refractivity contribution is 0.251. The number of nitrogens with one attached hydrogen (secondary N) is 1. The summed E-state index contributed by atoms with van der Waals surface area (Å²) in [5.74, 6) is 0.204. The molecule has 110 valence electrons. The maximum atomic E-state index is 12.3. The van der Waals surface area contributed by atoms with E-state index in [0.717, 1.165) is 23.4 Å². The third-order valence-corrected chi connectivity index (χ3v) is 4.12. The summed E-state index contributed by atoms with van der Waals surface area (Å²) >= 11 is 0. The number of aliphatic imine (C=N–C) groups is 1. The van der Waals surface area contributed by atoms with Crippen LogP contribution in [-0.2, 0) is 6.42 Å². The number of amides is 2. The Balaban J connectivity index is 1.74. The van der Waals surface area contributed by atoms with E-state index in [1.54, 1.807) is 23.1 Å². The van der Waals surface area contributed by atoms with E-state index in [-0.39, 0.29) is 17.8 Å². The third kappa shape index (κ3) is 2.02. The molecule has 0 bridgehead atoms. The van der Waals surface area contributed by atoms with Gasteiger partial charge in [-0.15, -0.1) is 0 Å². The van der Waals surface area contributed by atoms with E-state index < -0.39 is 0 Å². The van der Waals surface area contributed by atoms with Gasteiger partial charge in [-0.25, -0.2) is 4.79 Å². The van der Waals surface area contributed by atoms with Crippen molar-refractivity contribution in [2.45, 2.75) is 12.5 Å². The summed E-state index contributed by atoms with van der Waals surface area (Å²) in [4.78, 5) is 18.3. The Morgan fingerprint density at radius 1 is 1.23 bits per heavy atom. The van der Waals surface area contributed by atoms with Gasteiger partial charge in [0.15, 0.2) is 0 Å². The highest BCUT2D eigenvalue weighted by Gasteiger charge is 2.33.